The number of carboxylic acids is 1. The molecule has 8 heteroatoms. The summed E-state index contributed by atoms with van der Waals surface area (Å²) < 4.78 is 11.0. The van der Waals surface area contributed by atoms with Gasteiger partial charge in [-0.15, -0.1) is 0 Å². The number of piperidine rings is 1. The normalized spacial score (nSPS) is 17.1. The highest BCUT2D eigenvalue weighted by Gasteiger charge is 2.32. The molecule has 3 aromatic rings. The van der Waals surface area contributed by atoms with Crippen molar-refractivity contribution in [3.63, 3.8) is 0 Å². The van der Waals surface area contributed by atoms with Crippen molar-refractivity contribution in [2.24, 2.45) is 5.92 Å². The minimum absolute atomic E-state index is 0.0377. The molecule has 29 heavy (non-hydrogen) atoms. The molecule has 3 heterocycles. The van der Waals surface area contributed by atoms with E-state index in [1.807, 2.05) is 35.2 Å². The lowest BCUT2D eigenvalue weighted by atomic mass is 9.97. The van der Waals surface area contributed by atoms with Crippen molar-refractivity contribution in [2.45, 2.75) is 39.0 Å². The van der Waals surface area contributed by atoms with Gasteiger partial charge in [0.15, 0.2) is 23.0 Å². The molecule has 0 bridgehead atoms. The first-order valence-corrected chi connectivity index (χ1v) is 9.88. The summed E-state index contributed by atoms with van der Waals surface area (Å²) in [6, 6.07) is 9.16. The van der Waals surface area contributed by atoms with Crippen LogP contribution >= 0.6 is 0 Å². The van der Waals surface area contributed by atoms with Gasteiger partial charge in [-0.05, 0) is 18.8 Å². The zero-order valence-corrected chi connectivity index (χ0v) is 16.5. The fourth-order valence-electron chi connectivity index (χ4n) is 3.73. The maximum atomic E-state index is 12.0. The van der Waals surface area contributed by atoms with Gasteiger partial charge in [-0.3, -0.25) is 0 Å². The summed E-state index contributed by atoms with van der Waals surface area (Å²) in [5, 5.41) is 18.0. The van der Waals surface area contributed by atoms with Gasteiger partial charge in [0.25, 0.3) is 0 Å². The Morgan fingerprint density at radius 2 is 2.03 bits per heavy atom. The van der Waals surface area contributed by atoms with E-state index < -0.39 is 5.97 Å². The van der Waals surface area contributed by atoms with E-state index in [9.17, 15) is 9.90 Å². The fraction of sp³-hybridized carbons (Fsp3) is 0.429. The molecule has 1 aliphatic heterocycles. The second-order valence-corrected chi connectivity index (χ2v) is 7.81. The number of hydrogen-bond acceptors (Lipinski definition) is 7. The summed E-state index contributed by atoms with van der Waals surface area (Å²) in [5.41, 5.74) is 0.773. The van der Waals surface area contributed by atoms with E-state index in [1.54, 1.807) is 0 Å². The highest BCUT2D eigenvalue weighted by molar-refractivity contribution is 5.99. The monoisotopic (exact) mass is 396 g/mol. The Labute approximate surface area is 168 Å². The fourth-order valence-corrected chi connectivity index (χ4v) is 3.73. The number of rotatable bonds is 6. The Bertz CT molecular complexity index is 980. The van der Waals surface area contributed by atoms with E-state index in [4.69, 9.17) is 9.05 Å². The van der Waals surface area contributed by atoms with E-state index in [2.05, 4.69) is 29.1 Å². The number of aromatic carboxylic acids is 1. The first-order valence-electron chi connectivity index (χ1n) is 9.88. The zero-order chi connectivity index (χ0) is 20.4. The smallest absolute Gasteiger partial charge is 0.343 e. The summed E-state index contributed by atoms with van der Waals surface area (Å²) in [7, 11) is 0. The average Bonchev–Trinajstić information content (AvgIpc) is 3.35. The van der Waals surface area contributed by atoms with E-state index in [0.717, 1.165) is 19.3 Å². The van der Waals surface area contributed by atoms with Crippen LogP contribution in [0.2, 0.25) is 0 Å². The molecule has 152 valence electrons. The van der Waals surface area contributed by atoms with Crippen LogP contribution in [0.3, 0.4) is 0 Å². The van der Waals surface area contributed by atoms with Crippen molar-refractivity contribution in [3.05, 3.63) is 47.6 Å². The third kappa shape index (κ3) is 4.01. The predicted octanol–water partition coefficient (Wildman–Crippen LogP) is 4.01. The number of benzene rings is 1. The minimum Gasteiger partial charge on any atom is -0.477 e. The number of carboxylic acid groups (broad SMARTS) is 1. The van der Waals surface area contributed by atoms with Crippen LogP contribution in [0.15, 0.2) is 39.4 Å². The minimum atomic E-state index is -1.06. The number of carbonyl (C=O) groups is 1. The third-order valence-electron chi connectivity index (χ3n) is 5.07. The summed E-state index contributed by atoms with van der Waals surface area (Å²) in [6.07, 6.45) is 2.55. The van der Waals surface area contributed by atoms with Crippen molar-refractivity contribution < 1.29 is 18.9 Å². The van der Waals surface area contributed by atoms with Gasteiger partial charge in [0.2, 0.25) is 5.89 Å². The van der Waals surface area contributed by atoms with Crippen molar-refractivity contribution in [1.29, 1.82) is 0 Å². The molecule has 0 saturated carbocycles. The first kappa shape index (κ1) is 19.2. The zero-order valence-electron chi connectivity index (χ0n) is 16.5. The molecule has 0 aliphatic carbocycles. The topological polar surface area (TPSA) is 105 Å². The van der Waals surface area contributed by atoms with Crippen LogP contribution in [-0.4, -0.2) is 39.5 Å². The Balaban J connectivity index is 1.59. The molecule has 1 saturated heterocycles. The summed E-state index contributed by atoms with van der Waals surface area (Å²) >= 11 is 0. The Hall–Kier alpha value is -3.16. The molecule has 1 unspecified atom stereocenters. The van der Waals surface area contributed by atoms with Crippen LogP contribution in [-0.2, 0) is 6.42 Å². The molecule has 2 aromatic heterocycles. The Morgan fingerprint density at radius 3 is 2.76 bits per heavy atom. The van der Waals surface area contributed by atoms with Crippen molar-refractivity contribution in [3.8, 4) is 11.3 Å². The van der Waals surface area contributed by atoms with Gasteiger partial charge in [0, 0.05) is 25.1 Å². The van der Waals surface area contributed by atoms with Crippen molar-refractivity contribution in [1.82, 2.24) is 15.3 Å². The molecule has 1 aliphatic rings. The van der Waals surface area contributed by atoms with Gasteiger partial charge < -0.3 is 19.1 Å². The molecule has 8 nitrogen and oxygen atoms in total. The molecule has 0 spiro atoms. The number of hydrogen-bond donors (Lipinski definition) is 1. The van der Waals surface area contributed by atoms with Gasteiger partial charge in [-0.1, -0.05) is 54.5 Å². The van der Waals surface area contributed by atoms with Crippen molar-refractivity contribution >= 4 is 11.8 Å². The van der Waals surface area contributed by atoms with Crippen LogP contribution in [0.5, 0.6) is 0 Å². The quantitative estimate of drug-likeness (QED) is 0.666. The van der Waals surface area contributed by atoms with Crippen LogP contribution in [0.1, 0.15) is 54.7 Å². The third-order valence-corrected chi connectivity index (χ3v) is 5.07. The Kier molecular flexibility index (Phi) is 5.33. The van der Waals surface area contributed by atoms with E-state index in [0.29, 0.717) is 42.1 Å². The lowest BCUT2D eigenvalue weighted by molar-refractivity contribution is 0.0697. The molecule has 0 radical (unpaired) electrons. The van der Waals surface area contributed by atoms with E-state index in [-0.39, 0.29) is 17.2 Å². The first-order chi connectivity index (χ1) is 14.0. The molecule has 1 fully saturated rings. The summed E-state index contributed by atoms with van der Waals surface area (Å²) in [6.45, 7) is 5.48. The van der Waals surface area contributed by atoms with E-state index in [1.165, 1.54) is 0 Å². The maximum Gasteiger partial charge on any atom is 0.343 e. The molecule has 1 N–H and O–H groups in total. The lowest BCUT2D eigenvalue weighted by Crippen LogP contribution is -2.35. The molecule has 1 aromatic carbocycles. The Morgan fingerprint density at radius 1 is 1.24 bits per heavy atom. The molecule has 1 atom stereocenters. The van der Waals surface area contributed by atoms with Gasteiger partial charge in [-0.25, -0.2) is 4.79 Å². The van der Waals surface area contributed by atoms with Gasteiger partial charge in [0.1, 0.15) is 0 Å². The summed E-state index contributed by atoms with van der Waals surface area (Å²) in [4.78, 5) is 18.5. The molecule has 4 rings (SSSR count). The van der Waals surface area contributed by atoms with E-state index >= 15 is 0 Å². The van der Waals surface area contributed by atoms with Crippen LogP contribution in [0.4, 0.5) is 5.82 Å². The predicted molar refractivity (Wildman–Crippen MR) is 106 cm³/mol. The van der Waals surface area contributed by atoms with Crippen LogP contribution in [0.25, 0.3) is 11.3 Å². The second-order valence-electron chi connectivity index (χ2n) is 7.81. The lowest BCUT2D eigenvalue weighted by Gasteiger charge is -2.31. The largest absolute Gasteiger partial charge is 0.477 e. The van der Waals surface area contributed by atoms with Crippen LogP contribution < -0.4 is 4.90 Å². The number of nitrogens with zero attached hydrogens (tertiary/aromatic N) is 4. The SMILES string of the molecule is CC(C)Cc1noc(C2CCCN(c3noc(-c4ccccc4)c3C(=O)O)C2)n1. The second kappa shape index (κ2) is 8.06. The molecular formula is C21H24N4O4. The van der Waals surface area contributed by atoms with Gasteiger partial charge in [-0.2, -0.15) is 4.98 Å². The van der Waals surface area contributed by atoms with Gasteiger partial charge >= 0.3 is 5.97 Å². The highest BCUT2D eigenvalue weighted by Crippen LogP contribution is 2.35. The highest BCUT2D eigenvalue weighted by atomic mass is 16.5. The van der Waals surface area contributed by atoms with Gasteiger partial charge in [0.05, 0.1) is 5.92 Å². The standard InChI is InChI=1S/C21H24N4O4/c1-13(2)11-16-22-20(29-23-16)15-9-6-10-25(12-15)19-17(21(26)27)18(28-24-19)14-7-4-3-5-8-14/h3-5,7-8,13,15H,6,9-12H2,1-2H3,(H,26,27). The number of aromatic nitrogens is 3. The average molecular weight is 396 g/mol. The number of anilines is 1. The molecular weight excluding hydrogens is 372 g/mol. The summed E-state index contributed by atoms with van der Waals surface area (Å²) in [5.74, 6) is 1.37. The molecule has 0 amide bonds. The van der Waals surface area contributed by atoms with Crippen LogP contribution in [0, 0.1) is 5.92 Å². The van der Waals surface area contributed by atoms with Crippen molar-refractivity contribution in [2.75, 3.05) is 18.0 Å². The maximum absolute atomic E-state index is 12.0.